The number of carbonyl (C=O) groups is 2. The van der Waals surface area contributed by atoms with E-state index in [1.165, 1.54) is 12.2 Å². The Kier molecular flexibility index (Phi) is 10.5. The average Bonchev–Trinajstić information content (AvgIpc) is 3.03. The van der Waals surface area contributed by atoms with Gasteiger partial charge in [-0.15, -0.1) is 0 Å². The first kappa shape index (κ1) is 28.9. The van der Waals surface area contributed by atoms with Crippen LogP contribution in [0.2, 0.25) is 0 Å². The fourth-order valence-electron chi connectivity index (χ4n) is 4.09. The summed E-state index contributed by atoms with van der Waals surface area (Å²) in [6, 6.07) is 29.2. The highest BCUT2D eigenvalue weighted by molar-refractivity contribution is 6.07. The van der Waals surface area contributed by atoms with E-state index in [0.717, 1.165) is 11.1 Å². The van der Waals surface area contributed by atoms with Crippen LogP contribution in [0.1, 0.15) is 38.3 Å². The van der Waals surface area contributed by atoms with Gasteiger partial charge in [0.25, 0.3) is 0 Å². The molecule has 0 spiro atoms. The largest absolute Gasteiger partial charge is 0.493 e. The Labute approximate surface area is 240 Å². The molecule has 4 aromatic carbocycles. The van der Waals surface area contributed by atoms with Crippen molar-refractivity contribution in [2.24, 2.45) is 0 Å². The molecule has 0 aliphatic rings. The molecule has 4 aromatic rings. The van der Waals surface area contributed by atoms with Crippen LogP contribution in [-0.4, -0.2) is 39.0 Å². The number of rotatable bonds is 14. The summed E-state index contributed by atoms with van der Waals surface area (Å²) < 4.78 is 23.2. The summed E-state index contributed by atoms with van der Waals surface area (Å²) in [6.07, 6.45) is 7.08. The molecule has 0 amide bonds. The number of ketones is 2. The zero-order chi connectivity index (χ0) is 28.9. The summed E-state index contributed by atoms with van der Waals surface area (Å²) in [5.41, 5.74) is 2.69. The van der Waals surface area contributed by atoms with Crippen LogP contribution in [0.3, 0.4) is 0 Å². The van der Waals surface area contributed by atoms with Crippen molar-refractivity contribution >= 4 is 23.7 Å². The molecule has 0 saturated carbocycles. The van der Waals surface area contributed by atoms with Gasteiger partial charge in [-0.05, 0) is 36.4 Å². The molecule has 6 nitrogen and oxygen atoms in total. The van der Waals surface area contributed by atoms with Gasteiger partial charge in [0.05, 0.1) is 27.4 Å². The van der Waals surface area contributed by atoms with Crippen LogP contribution in [0, 0.1) is 0 Å². The second-order valence-electron chi connectivity index (χ2n) is 8.93. The summed E-state index contributed by atoms with van der Waals surface area (Å²) in [5.74, 6) is 2.04. The van der Waals surface area contributed by atoms with E-state index in [-0.39, 0.29) is 11.6 Å². The highest BCUT2D eigenvalue weighted by Crippen LogP contribution is 2.34. The molecule has 0 heterocycles. The number of para-hydroxylation sites is 2. The van der Waals surface area contributed by atoms with Crippen molar-refractivity contribution < 1.29 is 28.5 Å². The number of ether oxygens (including phenoxy) is 4. The lowest BCUT2D eigenvalue weighted by Crippen LogP contribution is -2.08. The van der Waals surface area contributed by atoms with E-state index in [1.807, 2.05) is 72.8 Å². The Balaban J connectivity index is 1.39. The summed E-state index contributed by atoms with van der Waals surface area (Å²) in [7, 11) is 3.15. The molecular formula is C35H32O6. The molecule has 6 heteroatoms. The molecule has 0 N–H and O–H groups in total. The van der Waals surface area contributed by atoms with Crippen molar-refractivity contribution in [3.05, 3.63) is 131 Å². The van der Waals surface area contributed by atoms with Crippen LogP contribution in [0.5, 0.6) is 23.0 Å². The Morgan fingerprint density at radius 3 is 1.37 bits per heavy atom. The minimum atomic E-state index is -0.0973. The van der Waals surface area contributed by atoms with Gasteiger partial charge in [0, 0.05) is 28.7 Å². The molecule has 41 heavy (non-hydrogen) atoms. The first-order valence-corrected chi connectivity index (χ1v) is 13.2. The van der Waals surface area contributed by atoms with E-state index < -0.39 is 0 Å². The summed E-state index contributed by atoms with van der Waals surface area (Å²) in [6.45, 7) is 0.696. The van der Waals surface area contributed by atoms with Gasteiger partial charge >= 0.3 is 0 Å². The summed E-state index contributed by atoms with van der Waals surface area (Å²) >= 11 is 0. The van der Waals surface area contributed by atoms with Crippen LogP contribution in [-0.2, 0) is 0 Å². The standard InChI is InChI=1S/C35H32O6/c1-38-32-18-9-16-28(20-22-30(36)26-12-5-3-6-13-26)34(32)40-24-11-25-41-35-29(17-10-19-33(35)39-2)21-23-31(37)27-14-7-4-8-15-27/h3-10,12-23H,11,24-25H2,1-2H3/b22-20+,23-21+. The topological polar surface area (TPSA) is 71.1 Å². The SMILES string of the molecule is COc1cccc(/C=C/C(=O)c2ccccc2)c1OCCCOc1c(/C=C/C(=O)c2ccccc2)cccc1OC. The minimum Gasteiger partial charge on any atom is -0.493 e. The van der Waals surface area contributed by atoms with E-state index in [9.17, 15) is 9.59 Å². The third kappa shape index (κ3) is 7.96. The molecule has 0 unspecified atom stereocenters. The summed E-state index contributed by atoms with van der Waals surface area (Å²) in [4.78, 5) is 25.1. The average molecular weight is 549 g/mol. The quantitative estimate of drug-likeness (QED) is 0.0933. The molecule has 0 aliphatic heterocycles. The van der Waals surface area contributed by atoms with Gasteiger partial charge in [0.2, 0.25) is 0 Å². The van der Waals surface area contributed by atoms with Crippen molar-refractivity contribution in [3.8, 4) is 23.0 Å². The lowest BCUT2D eigenvalue weighted by Gasteiger charge is -2.15. The second kappa shape index (κ2) is 14.9. The lowest BCUT2D eigenvalue weighted by molar-refractivity contribution is 0.103. The molecular weight excluding hydrogens is 516 g/mol. The molecule has 0 fully saturated rings. The highest BCUT2D eigenvalue weighted by Gasteiger charge is 2.12. The fraction of sp³-hybridized carbons (Fsp3) is 0.143. The number of hydrogen-bond donors (Lipinski definition) is 0. The van der Waals surface area contributed by atoms with Crippen molar-refractivity contribution in [1.82, 2.24) is 0 Å². The maximum absolute atomic E-state index is 12.5. The third-order valence-corrected chi connectivity index (χ3v) is 6.19. The Hall–Kier alpha value is -5.10. The fourth-order valence-corrected chi connectivity index (χ4v) is 4.09. The molecule has 0 atom stereocenters. The Morgan fingerprint density at radius 2 is 0.976 bits per heavy atom. The predicted molar refractivity (Wildman–Crippen MR) is 161 cm³/mol. The van der Waals surface area contributed by atoms with Gasteiger partial charge in [-0.1, -0.05) is 84.9 Å². The number of benzene rings is 4. The number of carbonyl (C=O) groups excluding carboxylic acids is 2. The normalized spacial score (nSPS) is 11.0. The van der Waals surface area contributed by atoms with Gasteiger partial charge in [-0.3, -0.25) is 9.59 Å². The lowest BCUT2D eigenvalue weighted by atomic mass is 10.1. The smallest absolute Gasteiger partial charge is 0.185 e. The molecule has 0 bridgehead atoms. The minimum absolute atomic E-state index is 0.0973. The molecule has 208 valence electrons. The van der Waals surface area contributed by atoms with Gasteiger partial charge in [0.15, 0.2) is 34.6 Å². The molecule has 0 aliphatic carbocycles. The molecule has 4 rings (SSSR count). The van der Waals surface area contributed by atoms with Gasteiger partial charge in [-0.25, -0.2) is 0 Å². The van der Waals surface area contributed by atoms with E-state index in [2.05, 4.69) is 0 Å². The maximum Gasteiger partial charge on any atom is 0.185 e. The van der Waals surface area contributed by atoms with Crippen LogP contribution < -0.4 is 18.9 Å². The van der Waals surface area contributed by atoms with Crippen LogP contribution in [0.4, 0.5) is 0 Å². The van der Waals surface area contributed by atoms with Crippen molar-refractivity contribution in [3.63, 3.8) is 0 Å². The number of allylic oxidation sites excluding steroid dienone is 2. The Morgan fingerprint density at radius 1 is 0.561 bits per heavy atom. The van der Waals surface area contributed by atoms with Gasteiger partial charge in [0.1, 0.15) is 0 Å². The van der Waals surface area contributed by atoms with E-state index in [1.54, 1.807) is 50.6 Å². The molecule has 0 radical (unpaired) electrons. The zero-order valence-electron chi connectivity index (χ0n) is 23.1. The molecule has 0 saturated heterocycles. The predicted octanol–water partition coefficient (Wildman–Crippen LogP) is 7.34. The van der Waals surface area contributed by atoms with E-state index in [4.69, 9.17) is 18.9 Å². The van der Waals surface area contributed by atoms with Crippen molar-refractivity contribution in [1.29, 1.82) is 0 Å². The van der Waals surface area contributed by atoms with Crippen LogP contribution >= 0.6 is 0 Å². The maximum atomic E-state index is 12.5. The van der Waals surface area contributed by atoms with Crippen LogP contribution in [0.15, 0.2) is 109 Å². The number of methoxy groups -OCH3 is 2. The zero-order valence-corrected chi connectivity index (χ0v) is 23.1. The Bertz CT molecular complexity index is 1390. The van der Waals surface area contributed by atoms with Crippen LogP contribution in [0.25, 0.3) is 12.2 Å². The first-order chi connectivity index (χ1) is 20.1. The highest BCUT2D eigenvalue weighted by atomic mass is 16.5. The van der Waals surface area contributed by atoms with E-state index >= 15 is 0 Å². The third-order valence-electron chi connectivity index (χ3n) is 6.19. The van der Waals surface area contributed by atoms with Crippen molar-refractivity contribution in [2.45, 2.75) is 6.42 Å². The molecule has 0 aromatic heterocycles. The van der Waals surface area contributed by atoms with Crippen molar-refractivity contribution in [2.75, 3.05) is 27.4 Å². The number of hydrogen-bond acceptors (Lipinski definition) is 6. The summed E-state index contributed by atoms with van der Waals surface area (Å²) in [5, 5.41) is 0. The first-order valence-electron chi connectivity index (χ1n) is 13.2. The second-order valence-corrected chi connectivity index (χ2v) is 8.93. The van der Waals surface area contributed by atoms with Gasteiger partial charge < -0.3 is 18.9 Å². The van der Waals surface area contributed by atoms with E-state index in [0.29, 0.717) is 53.8 Å². The van der Waals surface area contributed by atoms with Gasteiger partial charge in [-0.2, -0.15) is 0 Å². The monoisotopic (exact) mass is 548 g/mol.